The van der Waals surface area contributed by atoms with E-state index in [0.717, 1.165) is 11.0 Å². The largest absolute Gasteiger partial charge is 0.498 e. The highest BCUT2D eigenvalue weighted by atomic mass is 32.2. The number of hydrogen-bond acceptors (Lipinski definition) is 5. The number of sulfone groups is 1. The van der Waals surface area contributed by atoms with E-state index in [4.69, 9.17) is 14.0 Å². The molecular formula is C15H23BO5S. The molecule has 1 heterocycles. The molecule has 0 aliphatic carbocycles. The molecule has 1 saturated heterocycles. The van der Waals surface area contributed by atoms with E-state index in [1.165, 1.54) is 19.4 Å². The summed E-state index contributed by atoms with van der Waals surface area (Å²) in [7, 11) is -2.39. The van der Waals surface area contributed by atoms with Crippen molar-refractivity contribution >= 4 is 22.4 Å². The first-order valence-electron chi connectivity index (χ1n) is 7.13. The fraction of sp³-hybridized carbons (Fsp3) is 0.600. The van der Waals surface area contributed by atoms with E-state index in [9.17, 15) is 8.42 Å². The molecule has 1 aliphatic rings. The first-order valence-corrected chi connectivity index (χ1v) is 9.02. The van der Waals surface area contributed by atoms with E-state index in [2.05, 4.69) is 0 Å². The maximum absolute atomic E-state index is 11.8. The maximum Gasteiger partial charge on any atom is 0.498 e. The molecule has 0 saturated carbocycles. The zero-order valence-electron chi connectivity index (χ0n) is 14.2. The monoisotopic (exact) mass is 326 g/mol. The van der Waals surface area contributed by atoms with Crippen LogP contribution < -0.4 is 10.2 Å². The van der Waals surface area contributed by atoms with Crippen LogP contribution in [0.15, 0.2) is 17.0 Å². The summed E-state index contributed by atoms with van der Waals surface area (Å²) >= 11 is 0. The van der Waals surface area contributed by atoms with Gasteiger partial charge in [0.1, 0.15) is 5.75 Å². The van der Waals surface area contributed by atoms with Crippen LogP contribution >= 0.6 is 0 Å². The van der Waals surface area contributed by atoms with Gasteiger partial charge in [-0.1, -0.05) is 0 Å². The van der Waals surface area contributed by atoms with E-state index < -0.39 is 28.2 Å². The Morgan fingerprint density at radius 3 is 2.00 bits per heavy atom. The Morgan fingerprint density at radius 1 is 1.09 bits per heavy atom. The van der Waals surface area contributed by atoms with Gasteiger partial charge in [0.05, 0.1) is 23.2 Å². The van der Waals surface area contributed by atoms with Crippen molar-refractivity contribution in [1.82, 2.24) is 0 Å². The summed E-state index contributed by atoms with van der Waals surface area (Å²) in [6, 6.07) is 3.14. The zero-order chi connectivity index (χ0) is 16.9. The topological polar surface area (TPSA) is 61.8 Å². The van der Waals surface area contributed by atoms with Crippen LogP contribution in [-0.4, -0.2) is 40.1 Å². The average Bonchev–Trinajstić information content (AvgIpc) is 2.55. The van der Waals surface area contributed by atoms with Crippen molar-refractivity contribution in [3.05, 3.63) is 17.7 Å². The molecule has 1 aromatic carbocycles. The molecule has 1 aromatic rings. The first-order chi connectivity index (χ1) is 9.89. The third-order valence-electron chi connectivity index (χ3n) is 4.46. The van der Waals surface area contributed by atoms with Crippen molar-refractivity contribution in [3.8, 4) is 5.75 Å². The Morgan fingerprint density at radius 2 is 1.59 bits per heavy atom. The molecular weight excluding hydrogens is 303 g/mol. The quantitative estimate of drug-likeness (QED) is 0.791. The van der Waals surface area contributed by atoms with E-state index in [-0.39, 0.29) is 4.90 Å². The predicted octanol–water partition coefficient (Wildman–Crippen LogP) is 1.71. The fourth-order valence-electron chi connectivity index (χ4n) is 2.38. The molecule has 2 rings (SSSR count). The van der Waals surface area contributed by atoms with Crippen molar-refractivity contribution in [3.63, 3.8) is 0 Å². The van der Waals surface area contributed by atoms with Gasteiger partial charge in [0.15, 0.2) is 9.84 Å². The summed E-state index contributed by atoms with van der Waals surface area (Å²) in [4.78, 5) is 0.224. The van der Waals surface area contributed by atoms with Gasteiger partial charge in [-0.25, -0.2) is 8.42 Å². The Bertz CT molecular complexity index is 678. The van der Waals surface area contributed by atoms with Gasteiger partial charge in [-0.05, 0) is 52.3 Å². The highest BCUT2D eigenvalue weighted by Gasteiger charge is 2.53. The molecule has 0 N–H and O–H groups in total. The number of methoxy groups -OCH3 is 1. The third-order valence-corrected chi connectivity index (χ3v) is 5.55. The Kier molecular flexibility index (Phi) is 4.13. The molecule has 0 bridgehead atoms. The second-order valence-electron chi connectivity index (χ2n) is 6.72. The minimum absolute atomic E-state index is 0.224. The second-order valence-corrected chi connectivity index (χ2v) is 8.73. The van der Waals surface area contributed by atoms with Crippen molar-refractivity contribution in [2.75, 3.05) is 13.4 Å². The number of hydrogen-bond donors (Lipinski definition) is 0. The van der Waals surface area contributed by atoms with Gasteiger partial charge >= 0.3 is 7.12 Å². The molecule has 0 spiro atoms. The average molecular weight is 326 g/mol. The van der Waals surface area contributed by atoms with Crippen LogP contribution in [0.2, 0.25) is 0 Å². The minimum atomic E-state index is -3.31. The lowest BCUT2D eigenvalue weighted by molar-refractivity contribution is 0.00578. The molecule has 7 heteroatoms. The van der Waals surface area contributed by atoms with E-state index in [1.807, 2.05) is 34.6 Å². The Balaban J connectivity index is 2.54. The standard InChI is InChI=1S/C15H23BO5S/c1-10-8-11(22(7,17)18)9-12(19-6)13(10)16-20-14(2,3)15(4,5)21-16/h8-9H,1-7H3. The highest BCUT2D eigenvalue weighted by molar-refractivity contribution is 7.90. The van der Waals surface area contributed by atoms with Gasteiger partial charge in [0.2, 0.25) is 0 Å². The lowest BCUT2D eigenvalue weighted by Crippen LogP contribution is -2.41. The number of rotatable bonds is 3. The van der Waals surface area contributed by atoms with Crippen molar-refractivity contribution < 1.29 is 22.5 Å². The van der Waals surface area contributed by atoms with Crippen LogP contribution in [0.4, 0.5) is 0 Å². The summed E-state index contributed by atoms with van der Waals surface area (Å²) in [6.07, 6.45) is 1.18. The Hall–Kier alpha value is -1.05. The van der Waals surface area contributed by atoms with Crippen molar-refractivity contribution in [1.29, 1.82) is 0 Å². The summed E-state index contributed by atoms with van der Waals surface area (Å²) in [6.45, 7) is 9.72. The highest BCUT2D eigenvalue weighted by Crippen LogP contribution is 2.37. The molecule has 0 unspecified atom stereocenters. The molecule has 0 aromatic heterocycles. The zero-order valence-corrected chi connectivity index (χ0v) is 15.0. The van der Waals surface area contributed by atoms with Gasteiger partial charge in [-0.3, -0.25) is 0 Å². The molecule has 0 amide bonds. The van der Waals surface area contributed by atoms with Gasteiger partial charge < -0.3 is 14.0 Å². The van der Waals surface area contributed by atoms with Crippen LogP contribution in [-0.2, 0) is 19.1 Å². The molecule has 1 fully saturated rings. The van der Waals surface area contributed by atoms with Gasteiger partial charge in [0.25, 0.3) is 0 Å². The minimum Gasteiger partial charge on any atom is -0.497 e. The van der Waals surface area contributed by atoms with Crippen LogP contribution in [0.5, 0.6) is 5.75 Å². The smallest absolute Gasteiger partial charge is 0.497 e. The van der Waals surface area contributed by atoms with Crippen LogP contribution in [0.3, 0.4) is 0 Å². The first kappa shape index (κ1) is 17.3. The van der Waals surface area contributed by atoms with Gasteiger partial charge in [0, 0.05) is 11.7 Å². The van der Waals surface area contributed by atoms with Crippen LogP contribution in [0.25, 0.3) is 0 Å². The molecule has 5 nitrogen and oxygen atoms in total. The molecule has 0 radical (unpaired) electrons. The summed E-state index contributed by atoms with van der Waals surface area (Å²) < 4.78 is 41.0. The van der Waals surface area contributed by atoms with Crippen LogP contribution in [0.1, 0.15) is 33.3 Å². The molecule has 22 heavy (non-hydrogen) atoms. The SMILES string of the molecule is COc1cc(S(C)(=O)=O)cc(C)c1B1OC(C)(C)C(C)(C)O1. The summed E-state index contributed by atoms with van der Waals surface area (Å²) in [5.41, 5.74) is 0.557. The molecule has 1 aliphatic heterocycles. The van der Waals surface area contributed by atoms with Gasteiger partial charge in [-0.15, -0.1) is 0 Å². The number of benzene rings is 1. The lowest BCUT2D eigenvalue weighted by atomic mass is 9.75. The summed E-state index contributed by atoms with van der Waals surface area (Å²) in [5, 5.41) is 0. The molecule has 0 atom stereocenters. The summed E-state index contributed by atoms with van der Waals surface area (Å²) in [5.74, 6) is 0.457. The normalized spacial score (nSPS) is 20.2. The van der Waals surface area contributed by atoms with Crippen molar-refractivity contribution in [2.45, 2.75) is 50.7 Å². The van der Waals surface area contributed by atoms with Crippen LogP contribution in [0, 0.1) is 6.92 Å². The van der Waals surface area contributed by atoms with Crippen molar-refractivity contribution in [2.24, 2.45) is 0 Å². The number of aryl methyl sites for hydroxylation is 1. The van der Waals surface area contributed by atoms with E-state index in [1.54, 1.807) is 6.07 Å². The maximum atomic E-state index is 11.8. The third kappa shape index (κ3) is 2.89. The van der Waals surface area contributed by atoms with E-state index in [0.29, 0.717) is 5.75 Å². The molecule has 122 valence electrons. The van der Waals surface area contributed by atoms with Gasteiger partial charge in [-0.2, -0.15) is 0 Å². The lowest BCUT2D eigenvalue weighted by Gasteiger charge is -2.32. The van der Waals surface area contributed by atoms with E-state index >= 15 is 0 Å². The fourth-order valence-corrected chi connectivity index (χ4v) is 3.09. The predicted molar refractivity (Wildman–Crippen MR) is 86.6 cm³/mol. The number of ether oxygens (including phenoxy) is 1. The Labute approximate surface area is 133 Å². The second kappa shape index (κ2) is 5.25.